The summed E-state index contributed by atoms with van der Waals surface area (Å²) in [5.74, 6) is 0.0887. The van der Waals surface area contributed by atoms with E-state index < -0.39 is 9.85 Å². The highest BCUT2D eigenvalue weighted by molar-refractivity contribution is 5.72. The lowest BCUT2D eigenvalue weighted by Crippen LogP contribution is -2.07. The van der Waals surface area contributed by atoms with Crippen LogP contribution in [0.5, 0.6) is 11.5 Å². The summed E-state index contributed by atoms with van der Waals surface area (Å²) in [6, 6.07) is 11.1. The van der Waals surface area contributed by atoms with E-state index in [1.165, 1.54) is 126 Å². The second-order valence-electron chi connectivity index (χ2n) is 11.3. The minimum atomic E-state index is -0.483. The van der Waals surface area contributed by atoms with Crippen molar-refractivity contribution in [3.05, 3.63) is 68.8 Å². The standard InChI is InChI=1S/C34H48N2O8/c37-33(43-31-25-21-29(22-26-31)35(39)40)19-17-15-13-11-9-7-5-3-1-2-4-6-8-10-12-14-16-18-20-34(38)44-32-27-23-30(24-28-32)36(41)42/h21-28H,1-20H2. The molecule has 0 bridgehead atoms. The Morgan fingerprint density at radius 3 is 0.886 bits per heavy atom. The first kappa shape index (κ1) is 36.4. The summed E-state index contributed by atoms with van der Waals surface area (Å²) >= 11 is 0. The second kappa shape index (κ2) is 22.7. The van der Waals surface area contributed by atoms with Crippen LogP contribution in [0.1, 0.15) is 128 Å². The summed E-state index contributed by atoms with van der Waals surface area (Å²) < 4.78 is 10.5. The van der Waals surface area contributed by atoms with Crippen molar-refractivity contribution < 1.29 is 28.9 Å². The predicted octanol–water partition coefficient (Wildman–Crippen LogP) is 9.82. The third kappa shape index (κ3) is 17.3. The van der Waals surface area contributed by atoms with Crippen LogP contribution in [0.2, 0.25) is 0 Å². The molecule has 0 aromatic heterocycles. The van der Waals surface area contributed by atoms with Crippen molar-refractivity contribution in [3.63, 3.8) is 0 Å². The topological polar surface area (TPSA) is 139 Å². The van der Waals surface area contributed by atoms with Gasteiger partial charge in [-0.3, -0.25) is 29.8 Å². The molecule has 0 aliphatic heterocycles. The first-order valence-corrected chi connectivity index (χ1v) is 16.3. The van der Waals surface area contributed by atoms with Crippen LogP contribution in [-0.4, -0.2) is 21.8 Å². The molecule has 0 atom stereocenters. The third-order valence-corrected chi connectivity index (χ3v) is 7.57. The molecule has 0 aliphatic rings. The van der Waals surface area contributed by atoms with Gasteiger partial charge in [-0.2, -0.15) is 0 Å². The maximum Gasteiger partial charge on any atom is 0.311 e. The molecule has 10 heteroatoms. The van der Waals surface area contributed by atoms with Gasteiger partial charge in [0.25, 0.3) is 11.4 Å². The highest BCUT2D eigenvalue weighted by Crippen LogP contribution is 2.20. The van der Waals surface area contributed by atoms with E-state index in [9.17, 15) is 29.8 Å². The van der Waals surface area contributed by atoms with Crippen LogP contribution in [0.3, 0.4) is 0 Å². The van der Waals surface area contributed by atoms with Gasteiger partial charge in [-0.15, -0.1) is 0 Å². The maximum absolute atomic E-state index is 11.9. The number of nitrogens with zero attached hydrogens (tertiary/aromatic N) is 2. The van der Waals surface area contributed by atoms with Crippen LogP contribution >= 0.6 is 0 Å². The fourth-order valence-electron chi connectivity index (χ4n) is 5.00. The number of ether oxygens (including phenoxy) is 2. The number of carbonyl (C=O) groups excluding carboxylic acids is 2. The molecule has 44 heavy (non-hydrogen) atoms. The number of carbonyl (C=O) groups is 2. The third-order valence-electron chi connectivity index (χ3n) is 7.57. The molecule has 0 fully saturated rings. The van der Waals surface area contributed by atoms with Crippen LogP contribution < -0.4 is 9.47 Å². The van der Waals surface area contributed by atoms with Crippen molar-refractivity contribution >= 4 is 23.3 Å². The molecule has 2 aromatic rings. The number of nitro groups is 2. The van der Waals surface area contributed by atoms with Gasteiger partial charge >= 0.3 is 11.9 Å². The van der Waals surface area contributed by atoms with E-state index in [4.69, 9.17) is 9.47 Å². The highest BCUT2D eigenvalue weighted by atomic mass is 16.6. The monoisotopic (exact) mass is 612 g/mol. The van der Waals surface area contributed by atoms with Gasteiger partial charge in [0.1, 0.15) is 11.5 Å². The van der Waals surface area contributed by atoms with Crippen molar-refractivity contribution in [2.75, 3.05) is 0 Å². The molecule has 2 aromatic carbocycles. The zero-order valence-corrected chi connectivity index (χ0v) is 25.9. The Bertz CT molecular complexity index is 1030. The Labute approximate surface area is 260 Å². The summed E-state index contributed by atoms with van der Waals surface area (Å²) in [5, 5.41) is 21.3. The van der Waals surface area contributed by atoms with Gasteiger partial charge < -0.3 is 9.47 Å². The fourth-order valence-corrected chi connectivity index (χ4v) is 5.00. The van der Waals surface area contributed by atoms with E-state index in [1.807, 2.05) is 0 Å². The van der Waals surface area contributed by atoms with Gasteiger partial charge in [0.2, 0.25) is 0 Å². The van der Waals surface area contributed by atoms with Crippen LogP contribution in [-0.2, 0) is 9.59 Å². The van der Waals surface area contributed by atoms with Crippen LogP contribution in [0.25, 0.3) is 0 Å². The number of benzene rings is 2. The number of nitro benzene ring substituents is 2. The second-order valence-corrected chi connectivity index (χ2v) is 11.3. The van der Waals surface area contributed by atoms with Gasteiger partial charge in [0.15, 0.2) is 0 Å². The van der Waals surface area contributed by atoms with Crippen LogP contribution in [0.4, 0.5) is 11.4 Å². The Kier molecular flexibility index (Phi) is 18.7. The maximum atomic E-state index is 11.9. The van der Waals surface area contributed by atoms with E-state index in [1.54, 1.807) is 0 Å². The molecule has 0 saturated heterocycles. The molecule has 10 nitrogen and oxygen atoms in total. The van der Waals surface area contributed by atoms with Gasteiger partial charge in [0, 0.05) is 37.1 Å². The number of esters is 2. The van der Waals surface area contributed by atoms with Crippen molar-refractivity contribution in [3.8, 4) is 11.5 Å². The van der Waals surface area contributed by atoms with Crippen molar-refractivity contribution in [2.24, 2.45) is 0 Å². The molecule has 0 aliphatic carbocycles. The van der Waals surface area contributed by atoms with Crippen molar-refractivity contribution in [1.29, 1.82) is 0 Å². The molecule has 242 valence electrons. The normalized spacial score (nSPS) is 10.8. The smallest absolute Gasteiger partial charge is 0.311 e. The summed E-state index contributed by atoms with van der Waals surface area (Å²) in [4.78, 5) is 44.2. The summed E-state index contributed by atoms with van der Waals surface area (Å²) in [7, 11) is 0. The van der Waals surface area contributed by atoms with E-state index in [2.05, 4.69) is 0 Å². The minimum Gasteiger partial charge on any atom is -0.427 e. The molecule has 0 spiro atoms. The van der Waals surface area contributed by atoms with Gasteiger partial charge in [0.05, 0.1) is 9.85 Å². The number of hydrogen-bond acceptors (Lipinski definition) is 8. The zero-order valence-electron chi connectivity index (χ0n) is 25.9. The summed E-state index contributed by atoms with van der Waals surface area (Å²) in [6.45, 7) is 0. The summed E-state index contributed by atoms with van der Waals surface area (Å²) in [6.07, 6.45) is 21.9. The number of non-ortho nitro benzene ring substituents is 2. The zero-order chi connectivity index (χ0) is 31.8. The lowest BCUT2D eigenvalue weighted by molar-refractivity contribution is -0.385. The Balaban J connectivity index is 1.27. The van der Waals surface area contributed by atoms with E-state index in [0.29, 0.717) is 24.3 Å². The van der Waals surface area contributed by atoms with E-state index >= 15 is 0 Å². The quantitative estimate of drug-likeness (QED) is 0.0355. The molecule has 0 N–H and O–H groups in total. The molecular formula is C34H48N2O8. The number of rotatable bonds is 25. The molecule has 0 saturated carbocycles. The number of unbranched alkanes of at least 4 members (excludes halogenated alkanes) is 17. The Morgan fingerprint density at radius 1 is 0.432 bits per heavy atom. The first-order valence-electron chi connectivity index (χ1n) is 16.3. The van der Waals surface area contributed by atoms with Crippen LogP contribution in [0, 0.1) is 20.2 Å². The van der Waals surface area contributed by atoms with Crippen LogP contribution in [0.15, 0.2) is 48.5 Å². The average molecular weight is 613 g/mol. The lowest BCUT2D eigenvalue weighted by atomic mass is 10.0. The van der Waals surface area contributed by atoms with E-state index in [0.717, 1.165) is 38.5 Å². The average Bonchev–Trinajstić information content (AvgIpc) is 3.00. The molecule has 0 heterocycles. The predicted molar refractivity (Wildman–Crippen MR) is 170 cm³/mol. The number of hydrogen-bond donors (Lipinski definition) is 0. The van der Waals surface area contributed by atoms with Crippen molar-refractivity contribution in [2.45, 2.75) is 128 Å². The first-order chi connectivity index (χ1) is 21.3. The van der Waals surface area contributed by atoms with Crippen molar-refractivity contribution in [1.82, 2.24) is 0 Å². The Morgan fingerprint density at radius 2 is 0.659 bits per heavy atom. The SMILES string of the molecule is O=C(CCCCCCCCCCCCCCCCCCCCC(=O)Oc1ccc([N+](=O)[O-])cc1)Oc1ccc([N+](=O)[O-])cc1. The Hall–Kier alpha value is -3.82. The molecule has 0 radical (unpaired) electrons. The molecular weight excluding hydrogens is 564 g/mol. The molecule has 0 amide bonds. The van der Waals surface area contributed by atoms with Gasteiger partial charge in [-0.1, -0.05) is 103 Å². The molecule has 2 rings (SSSR count). The fraction of sp³-hybridized carbons (Fsp3) is 0.588. The largest absolute Gasteiger partial charge is 0.427 e. The molecule has 0 unspecified atom stereocenters. The van der Waals surface area contributed by atoms with Gasteiger partial charge in [-0.05, 0) is 37.1 Å². The summed E-state index contributed by atoms with van der Waals surface area (Å²) in [5.41, 5.74) is -0.0512. The lowest BCUT2D eigenvalue weighted by Gasteiger charge is -2.05. The highest BCUT2D eigenvalue weighted by Gasteiger charge is 2.09. The van der Waals surface area contributed by atoms with E-state index in [-0.39, 0.29) is 23.3 Å². The minimum absolute atomic E-state index is 0.0256. The van der Waals surface area contributed by atoms with Gasteiger partial charge in [-0.25, -0.2) is 0 Å².